The number of benzene rings is 2. The molecule has 0 spiro atoms. The number of carbonyl (C=O) groups excluding carboxylic acids is 1. The third-order valence-corrected chi connectivity index (χ3v) is 4.22. The summed E-state index contributed by atoms with van der Waals surface area (Å²) in [6.45, 7) is 3.63. The van der Waals surface area contributed by atoms with Gasteiger partial charge in [0.15, 0.2) is 0 Å². The summed E-state index contributed by atoms with van der Waals surface area (Å²) in [5, 5.41) is 0. The lowest BCUT2D eigenvalue weighted by Gasteiger charge is -2.31. The molecule has 0 radical (unpaired) electrons. The summed E-state index contributed by atoms with van der Waals surface area (Å²) in [6, 6.07) is 17.9. The van der Waals surface area contributed by atoms with Gasteiger partial charge in [0.1, 0.15) is 5.75 Å². The van der Waals surface area contributed by atoms with Crippen LogP contribution in [0.25, 0.3) is 0 Å². The first kappa shape index (κ1) is 14.6. The molecule has 0 N–H and O–H groups in total. The van der Waals surface area contributed by atoms with E-state index in [-0.39, 0.29) is 6.09 Å². The lowest BCUT2D eigenvalue weighted by atomic mass is 9.89. The van der Waals surface area contributed by atoms with Gasteiger partial charge in [0.05, 0.1) is 0 Å². The molecule has 0 unspecified atom stereocenters. The highest BCUT2D eigenvalue weighted by Gasteiger charge is 2.25. The molecule has 0 bridgehead atoms. The highest BCUT2D eigenvalue weighted by atomic mass is 16.6. The van der Waals surface area contributed by atoms with Crippen molar-refractivity contribution in [1.29, 1.82) is 0 Å². The Morgan fingerprint density at radius 1 is 1.05 bits per heavy atom. The lowest BCUT2D eigenvalue weighted by molar-refractivity contribution is 0.138. The first-order chi connectivity index (χ1) is 10.7. The number of nitrogens with zero attached hydrogens (tertiary/aromatic N) is 1. The first-order valence-electron chi connectivity index (χ1n) is 7.81. The molecular formula is C19H21NO2. The average Bonchev–Trinajstić information content (AvgIpc) is 2.56. The molecule has 3 rings (SSSR count). The summed E-state index contributed by atoms with van der Waals surface area (Å²) in [5.74, 6) is 1.15. The molecule has 1 aliphatic heterocycles. The van der Waals surface area contributed by atoms with Crippen LogP contribution in [0.5, 0.6) is 5.75 Å². The van der Waals surface area contributed by atoms with Crippen molar-refractivity contribution >= 4 is 6.09 Å². The van der Waals surface area contributed by atoms with Gasteiger partial charge in [0.25, 0.3) is 0 Å². The molecule has 3 nitrogen and oxygen atoms in total. The Morgan fingerprint density at radius 2 is 1.77 bits per heavy atom. The van der Waals surface area contributed by atoms with Crippen molar-refractivity contribution in [2.75, 3.05) is 13.1 Å². The highest BCUT2D eigenvalue weighted by molar-refractivity contribution is 5.70. The molecule has 1 heterocycles. The van der Waals surface area contributed by atoms with Crippen LogP contribution in [0.4, 0.5) is 4.79 Å². The van der Waals surface area contributed by atoms with Crippen molar-refractivity contribution in [2.45, 2.75) is 25.7 Å². The number of amides is 1. The van der Waals surface area contributed by atoms with Gasteiger partial charge in [0, 0.05) is 13.1 Å². The van der Waals surface area contributed by atoms with Crippen molar-refractivity contribution in [3.8, 4) is 5.75 Å². The fraction of sp³-hybridized carbons (Fsp3) is 0.316. The van der Waals surface area contributed by atoms with E-state index >= 15 is 0 Å². The number of likely N-dealkylation sites (tertiary alicyclic amines) is 1. The van der Waals surface area contributed by atoms with Gasteiger partial charge < -0.3 is 9.64 Å². The Labute approximate surface area is 131 Å². The third-order valence-electron chi connectivity index (χ3n) is 4.22. The second-order valence-electron chi connectivity index (χ2n) is 5.86. The Morgan fingerprint density at radius 3 is 2.45 bits per heavy atom. The molecule has 1 saturated heterocycles. The minimum absolute atomic E-state index is 0.242. The summed E-state index contributed by atoms with van der Waals surface area (Å²) in [5.41, 5.74) is 2.68. The summed E-state index contributed by atoms with van der Waals surface area (Å²) >= 11 is 0. The molecule has 114 valence electrons. The van der Waals surface area contributed by atoms with Gasteiger partial charge >= 0.3 is 6.09 Å². The van der Waals surface area contributed by atoms with Crippen molar-refractivity contribution < 1.29 is 9.53 Å². The summed E-state index contributed by atoms with van der Waals surface area (Å²) in [6.07, 6.45) is 1.75. The fourth-order valence-corrected chi connectivity index (χ4v) is 2.97. The molecule has 0 aliphatic carbocycles. The van der Waals surface area contributed by atoms with Crippen molar-refractivity contribution in [1.82, 2.24) is 4.90 Å². The summed E-state index contributed by atoms with van der Waals surface area (Å²) in [4.78, 5) is 14.0. The zero-order valence-electron chi connectivity index (χ0n) is 12.9. The number of ether oxygens (including phenoxy) is 1. The molecular weight excluding hydrogens is 274 g/mol. The van der Waals surface area contributed by atoms with E-state index in [1.807, 2.05) is 18.2 Å². The van der Waals surface area contributed by atoms with E-state index in [1.54, 1.807) is 17.0 Å². The third kappa shape index (κ3) is 3.48. The first-order valence-corrected chi connectivity index (χ1v) is 7.81. The number of hydrogen-bond acceptors (Lipinski definition) is 2. The van der Waals surface area contributed by atoms with E-state index in [9.17, 15) is 4.79 Å². The van der Waals surface area contributed by atoms with Crippen LogP contribution in [0.15, 0.2) is 54.6 Å². The highest BCUT2D eigenvalue weighted by Crippen LogP contribution is 2.28. The number of piperidine rings is 1. The average molecular weight is 295 g/mol. The van der Waals surface area contributed by atoms with Crippen LogP contribution in [-0.4, -0.2) is 24.1 Å². The Hall–Kier alpha value is -2.29. The van der Waals surface area contributed by atoms with E-state index in [0.29, 0.717) is 11.7 Å². The van der Waals surface area contributed by atoms with E-state index in [2.05, 4.69) is 31.2 Å². The van der Waals surface area contributed by atoms with Gasteiger partial charge in [-0.05, 0) is 43.4 Å². The van der Waals surface area contributed by atoms with Gasteiger partial charge in [-0.1, -0.05) is 48.0 Å². The van der Waals surface area contributed by atoms with Crippen LogP contribution in [0, 0.1) is 6.92 Å². The molecule has 1 aliphatic rings. The lowest BCUT2D eigenvalue weighted by Crippen LogP contribution is -2.39. The van der Waals surface area contributed by atoms with E-state index in [1.165, 1.54) is 11.1 Å². The van der Waals surface area contributed by atoms with Crippen LogP contribution < -0.4 is 4.74 Å². The molecule has 1 fully saturated rings. The van der Waals surface area contributed by atoms with Gasteiger partial charge in [0.2, 0.25) is 0 Å². The molecule has 0 atom stereocenters. The molecule has 0 aromatic heterocycles. The normalized spacial score (nSPS) is 15.6. The maximum absolute atomic E-state index is 12.2. The number of para-hydroxylation sites is 1. The second kappa shape index (κ2) is 6.65. The van der Waals surface area contributed by atoms with Gasteiger partial charge in [-0.25, -0.2) is 4.79 Å². The fourth-order valence-electron chi connectivity index (χ4n) is 2.97. The van der Waals surface area contributed by atoms with Crippen LogP contribution >= 0.6 is 0 Å². The zero-order valence-corrected chi connectivity index (χ0v) is 12.9. The number of hydrogen-bond donors (Lipinski definition) is 0. The standard InChI is InChI=1S/C19H21NO2/c1-15-6-5-7-17(14-15)16-10-12-20(13-11-16)19(21)22-18-8-3-2-4-9-18/h2-9,14,16H,10-13H2,1H3. The number of aryl methyl sites for hydroxylation is 1. The summed E-state index contributed by atoms with van der Waals surface area (Å²) in [7, 11) is 0. The Balaban J connectivity index is 1.56. The minimum Gasteiger partial charge on any atom is -0.410 e. The maximum atomic E-state index is 12.2. The van der Waals surface area contributed by atoms with Gasteiger partial charge in [-0.3, -0.25) is 0 Å². The molecule has 0 saturated carbocycles. The van der Waals surface area contributed by atoms with E-state index in [4.69, 9.17) is 4.74 Å². The predicted molar refractivity (Wildman–Crippen MR) is 87.2 cm³/mol. The molecule has 2 aromatic carbocycles. The molecule has 1 amide bonds. The largest absolute Gasteiger partial charge is 0.415 e. The van der Waals surface area contributed by atoms with Crippen LogP contribution in [0.1, 0.15) is 29.9 Å². The monoisotopic (exact) mass is 295 g/mol. The van der Waals surface area contributed by atoms with E-state index < -0.39 is 0 Å². The van der Waals surface area contributed by atoms with Crippen molar-refractivity contribution in [3.05, 3.63) is 65.7 Å². The molecule has 3 heteroatoms. The number of rotatable bonds is 2. The molecule has 22 heavy (non-hydrogen) atoms. The predicted octanol–water partition coefficient (Wildman–Crippen LogP) is 4.37. The Bertz CT molecular complexity index is 631. The van der Waals surface area contributed by atoms with Crippen LogP contribution in [0.3, 0.4) is 0 Å². The van der Waals surface area contributed by atoms with Crippen LogP contribution in [0.2, 0.25) is 0 Å². The van der Waals surface area contributed by atoms with Crippen molar-refractivity contribution in [3.63, 3.8) is 0 Å². The Kier molecular flexibility index (Phi) is 4.42. The second-order valence-corrected chi connectivity index (χ2v) is 5.86. The quantitative estimate of drug-likeness (QED) is 0.823. The van der Waals surface area contributed by atoms with Gasteiger partial charge in [-0.15, -0.1) is 0 Å². The SMILES string of the molecule is Cc1cccc(C2CCN(C(=O)Oc3ccccc3)CC2)c1. The topological polar surface area (TPSA) is 29.5 Å². The van der Waals surface area contributed by atoms with E-state index in [0.717, 1.165) is 25.9 Å². The van der Waals surface area contributed by atoms with Gasteiger partial charge in [-0.2, -0.15) is 0 Å². The van der Waals surface area contributed by atoms with Crippen molar-refractivity contribution in [2.24, 2.45) is 0 Å². The minimum atomic E-state index is -0.242. The maximum Gasteiger partial charge on any atom is 0.415 e. The smallest absolute Gasteiger partial charge is 0.410 e. The number of carbonyl (C=O) groups is 1. The summed E-state index contributed by atoms with van der Waals surface area (Å²) < 4.78 is 5.40. The zero-order chi connectivity index (χ0) is 15.4. The van der Waals surface area contributed by atoms with Crippen LogP contribution in [-0.2, 0) is 0 Å². The molecule has 2 aromatic rings.